The molecule has 1 nitrogen and oxygen atoms in total. The Morgan fingerprint density at radius 1 is 1.14 bits per heavy atom. The fourth-order valence-corrected chi connectivity index (χ4v) is 0. The first kappa shape index (κ1) is 10.3. The maximum atomic E-state index is 5.44. The molecule has 46 valence electrons. The van der Waals surface area contributed by atoms with Gasteiger partial charge in [-0.25, -0.2) is 0 Å². The number of nitrogens with two attached hydrogens (primary N) is 1. The monoisotopic (exact) mass is 123 g/mol. The molecule has 0 amide bonds. The van der Waals surface area contributed by atoms with Crippen LogP contribution in [0.25, 0.3) is 0 Å². The number of hydrogen-bond donors (Lipinski definition) is 1. The number of halogens is 1. The van der Waals surface area contributed by atoms with Crippen molar-refractivity contribution in [2.24, 2.45) is 11.7 Å². The van der Waals surface area contributed by atoms with E-state index in [1.54, 1.807) is 0 Å². The van der Waals surface area contributed by atoms with Crippen molar-refractivity contribution in [3.63, 3.8) is 0 Å². The smallest absolute Gasteiger partial charge is 0.00334 e. The Bertz CT molecular complexity index is 29.1. The summed E-state index contributed by atoms with van der Waals surface area (Å²) in [4.78, 5) is 0. The Hall–Kier alpha value is 0.250. The van der Waals surface area contributed by atoms with Crippen LogP contribution < -0.4 is 5.73 Å². The Labute approximate surface area is 51.7 Å². The van der Waals surface area contributed by atoms with Crippen LogP contribution in [0.15, 0.2) is 0 Å². The molecule has 1 unspecified atom stereocenters. The molecule has 7 heavy (non-hydrogen) atoms. The molecule has 0 bridgehead atoms. The summed E-state index contributed by atoms with van der Waals surface area (Å²) < 4.78 is 0. The van der Waals surface area contributed by atoms with E-state index in [0.717, 1.165) is 0 Å². The molecule has 2 heteroatoms. The first-order chi connectivity index (χ1) is 2.64. The van der Waals surface area contributed by atoms with Gasteiger partial charge in [0.1, 0.15) is 0 Å². The standard InChI is InChI=1S/C5H13N.ClH/c1-4(2)5(3)6;/h4-5H,6H2,1-3H3;1H. The molecule has 0 aliphatic carbocycles. The Morgan fingerprint density at radius 3 is 1.29 bits per heavy atom. The van der Waals surface area contributed by atoms with E-state index in [4.69, 9.17) is 5.73 Å². The molecule has 0 aromatic carbocycles. The number of rotatable bonds is 1. The molecule has 0 aliphatic rings. The van der Waals surface area contributed by atoms with Crippen LogP contribution in [0.4, 0.5) is 0 Å². The van der Waals surface area contributed by atoms with Crippen LogP contribution in [0.3, 0.4) is 0 Å². The summed E-state index contributed by atoms with van der Waals surface area (Å²) in [5.74, 6) is 0.630. The molecule has 0 heterocycles. The fraction of sp³-hybridized carbons (Fsp3) is 1.00. The lowest BCUT2D eigenvalue weighted by molar-refractivity contribution is 0.529. The van der Waals surface area contributed by atoms with Gasteiger partial charge in [0.15, 0.2) is 0 Å². The number of hydrogen-bond acceptors (Lipinski definition) is 1. The van der Waals surface area contributed by atoms with E-state index in [1.165, 1.54) is 0 Å². The summed E-state index contributed by atoms with van der Waals surface area (Å²) in [5, 5.41) is 0. The van der Waals surface area contributed by atoms with Crippen molar-refractivity contribution in [2.75, 3.05) is 0 Å². The minimum atomic E-state index is 0. The lowest BCUT2D eigenvalue weighted by Crippen LogP contribution is -2.21. The highest BCUT2D eigenvalue weighted by Gasteiger charge is 1.95. The van der Waals surface area contributed by atoms with Crippen molar-refractivity contribution in [1.29, 1.82) is 0 Å². The third-order valence-electron chi connectivity index (χ3n) is 1.05. The van der Waals surface area contributed by atoms with Crippen LogP contribution >= 0.6 is 12.4 Å². The second-order valence-corrected chi connectivity index (χ2v) is 2.10. The van der Waals surface area contributed by atoms with Crippen molar-refractivity contribution in [1.82, 2.24) is 0 Å². The minimum absolute atomic E-state index is 0. The third-order valence-corrected chi connectivity index (χ3v) is 1.05. The van der Waals surface area contributed by atoms with E-state index in [9.17, 15) is 0 Å². The predicted molar refractivity (Wildman–Crippen MR) is 35.7 cm³/mol. The highest BCUT2D eigenvalue weighted by molar-refractivity contribution is 5.85. The Kier molecular flexibility index (Phi) is 6.47. The van der Waals surface area contributed by atoms with Crippen molar-refractivity contribution >= 4 is 12.4 Å². The molecule has 0 saturated heterocycles. The van der Waals surface area contributed by atoms with E-state index in [2.05, 4.69) is 13.8 Å². The largest absolute Gasteiger partial charge is 0.328 e. The minimum Gasteiger partial charge on any atom is -0.328 e. The van der Waals surface area contributed by atoms with Crippen molar-refractivity contribution in [2.45, 2.75) is 26.8 Å². The molecule has 0 aromatic rings. The Morgan fingerprint density at radius 2 is 1.29 bits per heavy atom. The van der Waals surface area contributed by atoms with Crippen LogP contribution in [-0.2, 0) is 0 Å². The predicted octanol–water partition coefficient (Wildman–Crippen LogP) is 1.41. The molecule has 0 saturated carbocycles. The summed E-state index contributed by atoms with van der Waals surface area (Å²) >= 11 is 0. The average molecular weight is 124 g/mol. The Balaban J connectivity index is 0. The van der Waals surface area contributed by atoms with Gasteiger partial charge in [0.25, 0.3) is 0 Å². The SMILES string of the molecule is CC(C)C(C)N.Cl. The van der Waals surface area contributed by atoms with E-state index in [0.29, 0.717) is 12.0 Å². The summed E-state index contributed by atoms with van der Waals surface area (Å²) in [5.41, 5.74) is 5.44. The van der Waals surface area contributed by atoms with E-state index < -0.39 is 0 Å². The van der Waals surface area contributed by atoms with E-state index in [1.807, 2.05) is 6.92 Å². The highest BCUT2D eigenvalue weighted by atomic mass is 35.5. The summed E-state index contributed by atoms with van der Waals surface area (Å²) in [7, 11) is 0. The van der Waals surface area contributed by atoms with Crippen LogP contribution in [-0.4, -0.2) is 6.04 Å². The molecular weight excluding hydrogens is 110 g/mol. The fourth-order valence-electron chi connectivity index (χ4n) is 0. The summed E-state index contributed by atoms with van der Waals surface area (Å²) in [6.45, 7) is 6.25. The summed E-state index contributed by atoms with van der Waals surface area (Å²) in [6, 6.07) is 0.352. The second-order valence-electron chi connectivity index (χ2n) is 2.10. The van der Waals surface area contributed by atoms with Gasteiger partial charge in [-0.1, -0.05) is 13.8 Å². The quantitative estimate of drug-likeness (QED) is 0.561. The van der Waals surface area contributed by atoms with Crippen LogP contribution in [0.5, 0.6) is 0 Å². The van der Waals surface area contributed by atoms with Crippen LogP contribution in [0.1, 0.15) is 20.8 Å². The lowest BCUT2D eigenvalue weighted by Gasteiger charge is -2.05. The van der Waals surface area contributed by atoms with E-state index in [-0.39, 0.29) is 12.4 Å². The van der Waals surface area contributed by atoms with Gasteiger partial charge in [-0.15, -0.1) is 12.4 Å². The normalized spacial score (nSPS) is 13.3. The molecule has 2 N–H and O–H groups in total. The zero-order chi connectivity index (χ0) is 5.15. The van der Waals surface area contributed by atoms with Gasteiger partial charge < -0.3 is 5.73 Å². The summed E-state index contributed by atoms with van der Waals surface area (Å²) in [6.07, 6.45) is 0. The van der Waals surface area contributed by atoms with Crippen LogP contribution in [0.2, 0.25) is 0 Å². The zero-order valence-corrected chi connectivity index (χ0v) is 5.96. The third kappa shape index (κ3) is 6.25. The topological polar surface area (TPSA) is 26.0 Å². The second kappa shape index (κ2) is 4.41. The van der Waals surface area contributed by atoms with Crippen molar-refractivity contribution < 1.29 is 0 Å². The molecule has 0 aromatic heterocycles. The molecular formula is C5H14ClN. The van der Waals surface area contributed by atoms with Gasteiger partial charge in [0.2, 0.25) is 0 Å². The maximum Gasteiger partial charge on any atom is 0.00334 e. The lowest BCUT2D eigenvalue weighted by atomic mass is 10.1. The molecule has 0 rings (SSSR count). The average Bonchev–Trinajstić information content (AvgIpc) is 1.36. The molecule has 0 aliphatic heterocycles. The zero-order valence-electron chi connectivity index (χ0n) is 5.14. The van der Waals surface area contributed by atoms with Crippen molar-refractivity contribution in [3.05, 3.63) is 0 Å². The van der Waals surface area contributed by atoms with Crippen LogP contribution in [0, 0.1) is 5.92 Å². The van der Waals surface area contributed by atoms with Gasteiger partial charge in [-0.2, -0.15) is 0 Å². The molecule has 0 spiro atoms. The van der Waals surface area contributed by atoms with E-state index >= 15 is 0 Å². The van der Waals surface area contributed by atoms with Gasteiger partial charge in [0, 0.05) is 6.04 Å². The van der Waals surface area contributed by atoms with Gasteiger partial charge in [-0.05, 0) is 12.8 Å². The van der Waals surface area contributed by atoms with Gasteiger partial charge in [-0.3, -0.25) is 0 Å². The highest BCUT2D eigenvalue weighted by Crippen LogP contribution is 1.93. The molecule has 0 fully saturated rings. The molecule has 1 atom stereocenters. The van der Waals surface area contributed by atoms with Gasteiger partial charge in [0.05, 0.1) is 0 Å². The maximum absolute atomic E-state index is 5.44. The van der Waals surface area contributed by atoms with Crippen molar-refractivity contribution in [3.8, 4) is 0 Å². The first-order valence-corrected chi connectivity index (χ1v) is 2.40. The van der Waals surface area contributed by atoms with Gasteiger partial charge >= 0.3 is 0 Å². The molecule has 0 radical (unpaired) electrons. The first-order valence-electron chi connectivity index (χ1n) is 2.40.